The Labute approximate surface area is 105 Å². The molecule has 5 nitrogen and oxygen atoms in total. The lowest BCUT2D eigenvalue weighted by atomic mass is 10.1. The number of hydrogen-bond acceptors (Lipinski definition) is 4. The summed E-state index contributed by atoms with van der Waals surface area (Å²) in [7, 11) is 1.97. The van der Waals surface area contributed by atoms with E-state index in [-0.39, 0.29) is 18.0 Å². The van der Waals surface area contributed by atoms with Gasteiger partial charge in [0.05, 0.1) is 6.61 Å². The topological polar surface area (TPSA) is 67.6 Å². The average Bonchev–Trinajstić information content (AvgIpc) is 2.25. The molecule has 0 spiro atoms. The highest BCUT2D eigenvalue weighted by Gasteiger charge is 2.17. The molecule has 0 radical (unpaired) electrons. The molecular formula is C12H27N3O2. The largest absolute Gasteiger partial charge is 0.380 e. The van der Waals surface area contributed by atoms with Crippen molar-refractivity contribution in [3.63, 3.8) is 0 Å². The third kappa shape index (κ3) is 8.12. The first-order valence-electron chi connectivity index (χ1n) is 6.28. The zero-order valence-corrected chi connectivity index (χ0v) is 11.5. The lowest BCUT2D eigenvalue weighted by molar-refractivity contribution is -0.122. The van der Waals surface area contributed by atoms with Crippen molar-refractivity contribution < 1.29 is 9.53 Å². The second-order valence-corrected chi connectivity index (χ2v) is 4.49. The van der Waals surface area contributed by atoms with Gasteiger partial charge in [-0.1, -0.05) is 0 Å². The third-order valence-electron chi connectivity index (χ3n) is 2.56. The fourth-order valence-corrected chi connectivity index (χ4v) is 1.55. The molecule has 0 aliphatic carbocycles. The molecule has 0 saturated carbocycles. The van der Waals surface area contributed by atoms with Crippen molar-refractivity contribution in [3.05, 3.63) is 0 Å². The van der Waals surface area contributed by atoms with Crippen molar-refractivity contribution in [2.75, 3.05) is 33.4 Å². The summed E-state index contributed by atoms with van der Waals surface area (Å²) in [4.78, 5) is 13.7. The Morgan fingerprint density at radius 2 is 2.12 bits per heavy atom. The van der Waals surface area contributed by atoms with Gasteiger partial charge in [-0.3, -0.25) is 9.69 Å². The average molecular weight is 245 g/mol. The Balaban J connectivity index is 3.99. The molecule has 1 unspecified atom stereocenters. The van der Waals surface area contributed by atoms with Crippen LogP contribution in [0.5, 0.6) is 0 Å². The Bertz CT molecular complexity index is 210. The van der Waals surface area contributed by atoms with E-state index >= 15 is 0 Å². The van der Waals surface area contributed by atoms with Crippen molar-refractivity contribution in [2.45, 2.75) is 39.3 Å². The molecule has 102 valence electrons. The Morgan fingerprint density at radius 1 is 1.47 bits per heavy atom. The van der Waals surface area contributed by atoms with Crippen molar-refractivity contribution in [2.24, 2.45) is 5.73 Å². The minimum absolute atomic E-state index is 0.0544. The number of hydrogen-bond donors (Lipinski definition) is 2. The Kier molecular flexibility index (Phi) is 9.03. The van der Waals surface area contributed by atoms with E-state index in [1.807, 2.05) is 27.8 Å². The smallest absolute Gasteiger partial charge is 0.221 e. The van der Waals surface area contributed by atoms with E-state index in [2.05, 4.69) is 10.2 Å². The van der Waals surface area contributed by atoms with Crippen LogP contribution in [-0.2, 0) is 9.53 Å². The number of likely N-dealkylation sites (N-methyl/N-ethyl adjacent to an activating group) is 1. The molecule has 0 aromatic heterocycles. The molecule has 0 aromatic rings. The van der Waals surface area contributed by atoms with Crippen LogP contribution in [0.25, 0.3) is 0 Å². The van der Waals surface area contributed by atoms with Gasteiger partial charge in [0.2, 0.25) is 5.91 Å². The zero-order chi connectivity index (χ0) is 13.3. The van der Waals surface area contributed by atoms with Crippen LogP contribution in [-0.4, -0.2) is 56.2 Å². The predicted molar refractivity (Wildman–Crippen MR) is 69.9 cm³/mol. The normalized spacial score (nSPS) is 13.1. The molecule has 17 heavy (non-hydrogen) atoms. The van der Waals surface area contributed by atoms with Gasteiger partial charge in [-0.2, -0.15) is 0 Å². The summed E-state index contributed by atoms with van der Waals surface area (Å²) in [5, 5.41) is 2.88. The SMILES string of the molecule is CCOCCN(C)C(CN)CC(=O)NC(C)C. The van der Waals surface area contributed by atoms with Gasteiger partial charge in [-0.05, 0) is 27.8 Å². The molecule has 0 fully saturated rings. The van der Waals surface area contributed by atoms with Gasteiger partial charge < -0.3 is 15.8 Å². The maximum atomic E-state index is 11.6. The van der Waals surface area contributed by atoms with Crippen LogP contribution in [0.4, 0.5) is 0 Å². The van der Waals surface area contributed by atoms with E-state index in [0.717, 1.165) is 13.2 Å². The number of nitrogens with one attached hydrogen (secondary N) is 1. The lowest BCUT2D eigenvalue weighted by Crippen LogP contribution is -2.44. The highest BCUT2D eigenvalue weighted by Crippen LogP contribution is 2.01. The number of nitrogens with zero attached hydrogens (tertiary/aromatic N) is 1. The van der Waals surface area contributed by atoms with Crippen LogP contribution in [0.2, 0.25) is 0 Å². The fraction of sp³-hybridized carbons (Fsp3) is 0.917. The standard InChI is InChI=1S/C12H27N3O2/c1-5-17-7-6-15(4)11(9-13)8-12(16)14-10(2)3/h10-11H,5-9,13H2,1-4H3,(H,14,16). The molecule has 0 rings (SSSR count). The highest BCUT2D eigenvalue weighted by atomic mass is 16.5. The van der Waals surface area contributed by atoms with E-state index in [9.17, 15) is 4.79 Å². The second kappa shape index (κ2) is 9.39. The first kappa shape index (κ1) is 16.4. The number of carbonyl (C=O) groups excluding carboxylic acids is 1. The van der Waals surface area contributed by atoms with Crippen LogP contribution >= 0.6 is 0 Å². The molecule has 0 aromatic carbocycles. The predicted octanol–water partition coefficient (Wildman–Crippen LogP) is 0.197. The molecule has 0 bridgehead atoms. The van der Waals surface area contributed by atoms with Gasteiger partial charge in [0.25, 0.3) is 0 Å². The summed E-state index contributed by atoms with van der Waals surface area (Å²) in [6.07, 6.45) is 0.442. The minimum Gasteiger partial charge on any atom is -0.380 e. The molecule has 3 N–H and O–H groups in total. The van der Waals surface area contributed by atoms with Crippen LogP contribution in [0, 0.1) is 0 Å². The summed E-state index contributed by atoms with van der Waals surface area (Å²) in [5.41, 5.74) is 5.69. The first-order valence-corrected chi connectivity index (χ1v) is 6.28. The number of ether oxygens (including phenoxy) is 1. The minimum atomic E-state index is 0.0544. The molecule has 1 atom stereocenters. The molecule has 0 heterocycles. The molecule has 1 amide bonds. The molecule has 0 aliphatic heterocycles. The maximum Gasteiger partial charge on any atom is 0.221 e. The second-order valence-electron chi connectivity index (χ2n) is 4.49. The van der Waals surface area contributed by atoms with E-state index in [0.29, 0.717) is 19.6 Å². The quantitative estimate of drug-likeness (QED) is 0.569. The zero-order valence-electron chi connectivity index (χ0n) is 11.5. The summed E-state index contributed by atoms with van der Waals surface area (Å²) >= 11 is 0. The summed E-state index contributed by atoms with van der Waals surface area (Å²) in [6, 6.07) is 0.254. The van der Waals surface area contributed by atoms with Gasteiger partial charge in [0.15, 0.2) is 0 Å². The van der Waals surface area contributed by atoms with Gasteiger partial charge in [-0.25, -0.2) is 0 Å². The van der Waals surface area contributed by atoms with E-state index in [1.54, 1.807) is 0 Å². The molecule has 0 aliphatic rings. The summed E-state index contributed by atoms with van der Waals surface area (Å²) < 4.78 is 5.29. The van der Waals surface area contributed by atoms with Crippen LogP contribution in [0.3, 0.4) is 0 Å². The first-order chi connectivity index (χ1) is 8.01. The lowest BCUT2D eigenvalue weighted by Gasteiger charge is -2.26. The van der Waals surface area contributed by atoms with Gasteiger partial charge in [-0.15, -0.1) is 0 Å². The molecule has 0 saturated heterocycles. The van der Waals surface area contributed by atoms with Crippen molar-refractivity contribution in [1.82, 2.24) is 10.2 Å². The number of amides is 1. The Morgan fingerprint density at radius 3 is 2.59 bits per heavy atom. The highest BCUT2D eigenvalue weighted by molar-refractivity contribution is 5.76. The Hall–Kier alpha value is -0.650. The summed E-state index contributed by atoms with van der Waals surface area (Å²) in [6.45, 7) is 8.54. The van der Waals surface area contributed by atoms with Crippen molar-refractivity contribution >= 4 is 5.91 Å². The molecule has 5 heteroatoms. The summed E-state index contributed by atoms with van der Waals surface area (Å²) in [5.74, 6) is 0.0544. The van der Waals surface area contributed by atoms with Crippen LogP contribution in [0.15, 0.2) is 0 Å². The van der Waals surface area contributed by atoms with Crippen LogP contribution < -0.4 is 11.1 Å². The van der Waals surface area contributed by atoms with Crippen LogP contribution in [0.1, 0.15) is 27.2 Å². The van der Waals surface area contributed by atoms with Gasteiger partial charge >= 0.3 is 0 Å². The van der Waals surface area contributed by atoms with Crippen molar-refractivity contribution in [3.8, 4) is 0 Å². The third-order valence-corrected chi connectivity index (χ3v) is 2.56. The van der Waals surface area contributed by atoms with Crippen molar-refractivity contribution in [1.29, 1.82) is 0 Å². The number of rotatable bonds is 9. The van der Waals surface area contributed by atoms with E-state index in [1.165, 1.54) is 0 Å². The molecular weight excluding hydrogens is 218 g/mol. The van der Waals surface area contributed by atoms with Gasteiger partial charge in [0, 0.05) is 38.2 Å². The number of nitrogens with two attached hydrogens (primary N) is 1. The monoisotopic (exact) mass is 245 g/mol. The fourth-order valence-electron chi connectivity index (χ4n) is 1.55. The number of carbonyl (C=O) groups is 1. The van der Waals surface area contributed by atoms with Gasteiger partial charge in [0.1, 0.15) is 0 Å². The maximum absolute atomic E-state index is 11.6. The van der Waals surface area contributed by atoms with E-state index < -0.39 is 0 Å². The van der Waals surface area contributed by atoms with E-state index in [4.69, 9.17) is 10.5 Å².